The molecule has 0 radical (unpaired) electrons. The van der Waals surface area contributed by atoms with E-state index in [0.29, 0.717) is 5.56 Å². The van der Waals surface area contributed by atoms with E-state index in [0.717, 1.165) is 6.07 Å². The highest BCUT2D eigenvalue weighted by Gasteiger charge is 2.18. The second-order valence-electron chi connectivity index (χ2n) is 4.97. The molecule has 0 fully saturated rings. The summed E-state index contributed by atoms with van der Waals surface area (Å²) < 4.78 is 18.6. The molecule has 126 valence electrons. The molecular formula is C16H14ClFN2O4. The molecule has 0 aromatic heterocycles. The van der Waals surface area contributed by atoms with Crippen molar-refractivity contribution in [2.45, 2.75) is 13.0 Å². The smallest absolute Gasteiger partial charge is 0.312 e. The number of phenols is 1. The lowest BCUT2D eigenvalue weighted by Gasteiger charge is -2.09. The number of hydrogen-bond donors (Lipinski definition) is 1. The maximum absolute atomic E-state index is 13.7. The maximum Gasteiger partial charge on any atom is 0.312 e. The number of rotatable bonds is 5. The number of nitro benzene ring substituents is 1. The van der Waals surface area contributed by atoms with Crippen molar-refractivity contribution in [3.63, 3.8) is 0 Å². The number of methoxy groups -OCH3 is 1. The summed E-state index contributed by atoms with van der Waals surface area (Å²) in [5.41, 5.74) is 0.183. The zero-order chi connectivity index (χ0) is 17.9. The minimum Gasteiger partial charge on any atom is -0.502 e. The van der Waals surface area contributed by atoms with Crippen LogP contribution in [0.4, 0.5) is 10.1 Å². The monoisotopic (exact) mass is 352 g/mol. The van der Waals surface area contributed by atoms with Crippen LogP contribution in [-0.4, -0.2) is 23.4 Å². The zero-order valence-electron chi connectivity index (χ0n) is 12.9. The van der Waals surface area contributed by atoms with Gasteiger partial charge in [-0.05, 0) is 30.7 Å². The van der Waals surface area contributed by atoms with Crippen LogP contribution in [0.5, 0.6) is 11.5 Å². The van der Waals surface area contributed by atoms with E-state index in [-0.39, 0.29) is 16.3 Å². The van der Waals surface area contributed by atoms with Gasteiger partial charge in [0.2, 0.25) is 5.75 Å². The molecule has 0 amide bonds. The Labute approximate surface area is 142 Å². The molecule has 0 saturated heterocycles. The third-order valence-corrected chi connectivity index (χ3v) is 3.59. The Bertz CT molecular complexity index is 811. The fourth-order valence-electron chi connectivity index (χ4n) is 2.06. The van der Waals surface area contributed by atoms with Gasteiger partial charge in [-0.2, -0.15) is 0 Å². The van der Waals surface area contributed by atoms with E-state index in [1.165, 1.54) is 31.5 Å². The van der Waals surface area contributed by atoms with Crippen LogP contribution in [0.2, 0.25) is 5.02 Å². The van der Waals surface area contributed by atoms with Crippen molar-refractivity contribution in [3.8, 4) is 11.5 Å². The minimum atomic E-state index is -0.735. The molecule has 2 rings (SSSR count). The van der Waals surface area contributed by atoms with Gasteiger partial charge in [0.1, 0.15) is 0 Å². The van der Waals surface area contributed by atoms with Crippen LogP contribution in [0.25, 0.3) is 0 Å². The second kappa shape index (κ2) is 7.27. The van der Waals surface area contributed by atoms with Gasteiger partial charge >= 0.3 is 5.69 Å². The molecule has 0 spiro atoms. The number of phenolic OH excluding ortho intramolecular Hbond substituents is 1. The molecule has 2 aromatic rings. The Morgan fingerprint density at radius 2 is 2.12 bits per heavy atom. The van der Waals surface area contributed by atoms with Gasteiger partial charge in [0.15, 0.2) is 11.6 Å². The van der Waals surface area contributed by atoms with Crippen LogP contribution in [0.3, 0.4) is 0 Å². The average Bonchev–Trinajstić information content (AvgIpc) is 2.54. The fraction of sp³-hybridized carbons (Fsp3) is 0.188. The summed E-state index contributed by atoms with van der Waals surface area (Å²) in [6.45, 7) is 1.72. The van der Waals surface area contributed by atoms with Gasteiger partial charge in [0.25, 0.3) is 0 Å². The Morgan fingerprint density at radius 1 is 1.42 bits per heavy atom. The molecule has 0 aliphatic heterocycles. The molecule has 0 bridgehead atoms. The number of aromatic hydroxyl groups is 1. The number of aliphatic imine (C=N–C) groups is 1. The first-order valence-corrected chi connectivity index (χ1v) is 7.24. The number of ether oxygens (including phenoxy) is 1. The molecule has 6 nitrogen and oxygen atoms in total. The van der Waals surface area contributed by atoms with Crippen LogP contribution < -0.4 is 4.74 Å². The zero-order valence-corrected chi connectivity index (χ0v) is 13.6. The molecule has 24 heavy (non-hydrogen) atoms. The summed E-state index contributed by atoms with van der Waals surface area (Å²) in [7, 11) is 1.37. The standard InChI is InChI=1S/C16H14ClFN2O4/c1-9(10-3-4-15(24-2)13(18)6-10)19-8-11-5-12(17)7-14(16(11)21)20(22)23/h3-9,21H,1-2H3/t9-/m0/s1. The lowest BCUT2D eigenvalue weighted by molar-refractivity contribution is -0.385. The Kier molecular flexibility index (Phi) is 5.35. The van der Waals surface area contributed by atoms with E-state index >= 15 is 0 Å². The van der Waals surface area contributed by atoms with Crippen molar-refractivity contribution in [1.82, 2.24) is 0 Å². The SMILES string of the molecule is COc1ccc([C@H](C)N=Cc2cc(Cl)cc([N+](=O)[O-])c2O)cc1F. The summed E-state index contributed by atoms with van der Waals surface area (Å²) in [5, 5.41) is 20.9. The van der Waals surface area contributed by atoms with E-state index in [2.05, 4.69) is 4.99 Å². The lowest BCUT2D eigenvalue weighted by atomic mass is 10.1. The Balaban J connectivity index is 2.30. The number of hydrogen-bond acceptors (Lipinski definition) is 5. The summed E-state index contributed by atoms with van der Waals surface area (Å²) in [5.74, 6) is -0.919. The Hall–Kier alpha value is -2.67. The predicted octanol–water partition coefficient (Wildman–Crippen LogP) is 4.28. The second-order valence-corrected chi connectivity index (χ2v) is 5.40. The van der Waals surface area contributed by atoms with Crippen molar-refractivity contribution in [1.29, 1.82) is 0 Å². The van der Waals surface area contributed by atoms with Crippen LogP contribution in [-0.2, 0) is 0 Å². The van der Waals surface area contributed by atoms with Gasteiger partial charge in [-0.15, -0.1) is 0 Å². The minimum absolute atomic E-state index is 0.101. The summed E-state index contributed by atoms with van der Waals surface area (Å²) in [4.78, 5) is 14.3. The molecule has 0 aliphatic rings. The van der Waals surface area contributed by atoms with Crippen LogP contribution in [0.15, 0.2) is 35.3 Å². The van der Waals surface area contributed by atoms with E-state index in [1.807, 2.05) is 0 Å². The van der Waals surface area contributed by atoms with Gasteiger partial charge in [0, 0.05) is 22.9 Å². The first-order chi connectivity index (χ1) is 11.3. The van der Waals surface area contributed by atoms with E-state index in [9.17, 15) is 19.6 Å². The summed E-state index contributed by atoms with van der Waals surface area (Å²) >= 11 is 5.81. The van der Waals surface area contributed by atoms with Gasteiger partial charge in [-0.3, -0.25) is 15.1 Å². The molecule has 1 atom stereocenters. The van der Waals surface area contributed by atoms with E-state index in [4.69, 9.17) is 16.3 Å². The molecule has 2 aromatic carbocycles. The largest absolute Gasteiger partial charge is 0.502 e. The molecule has 0 unspecified atom stereocenters. The van der Waals surface area contributed by atoms with E-state index in [1.54, 1.807) is 13.0 Å². The normalized spacial score (nSPS) is 12.3. The van der Waals surface area contributed by atoms with E-state index < -0.39 is 28.2 Å². The van der Waals surface area contributed by atoms with Crippen molar-refractivity contribution in [2.24, 2.45) is 4.99 Å². The van der Waals surface area contributed by atoms with Gasteiger partial charge in [0.05, 0.1) is 18.1 Å². The van der Waals surface area contributed by atoms with Crippen LogP contribution >= 0.6 is 11.6 Å². The predicted molar refractivity (Wildman–Crippen MR) is 88.7 cm³/mol. The highest BCUT2D eigenvalue weighted by atomic mass is 35.5. The molecule has 0 saturated carbocycles. The Morgan fingerprint density at radius 3 is 2.71 bits per heavy atom. The van der Waals surface area contributed by atoms with Crippen molar-refractivity contribution < 1.29 is 19.2 Å². The third kappa shape index (κ3) is 3.80. The number of halogens is 2. The highest BCUT2D eigenvalue weighted by molar-refractivity contribution is 6.31. The van der Waals surface area contributed by atoms with Crippen LogP contribution in [0, 0.1) is 15.9 Å². The van der Waals surface area contributed by atoms with Crippen molar-refractivity contribution in [2.75, 3.05) is 7.11 Å². The maximum atomic E-state index is 13.7. The number of benzene rings is 2. The first-order valence-electron chi connectivity index (χ1n) is 6.87. The van der Waals surface area contributed by atoms with Crippen molar-refractivity contribution >= 4 is 23.5 Å². The third-order valence-electron chi connectivity index (χ3n) is 3.38. The van der Waals surface area contributed by atoms with Gasteiger partial charge in [-0.25, -0.2) is 4.39 Å². The van der Waals surface area contributed by atoms with Gasteiger partial charge in [-0.1, -0.05) is 17.7 Å². The summed E-state index contributed by atoms with van der Waals surface area (Å²) in [6.07, 6.45) is 1.26. The molecule has 0 heterocycles. The fourth-order valence-corrected chi connectivity index (χ4v) is 2.28. The average molecular weight is 353 g/mol. The highest BCUT2D eigenvalue weighted by Crippen LogP contribution is 2.32. The summed E-state index contributed by atoms with van der Waals surface area (Å²) in [6, 6.07) is 6.40. The van der Waals surface area contributed by atoms with Gasteiger partial charge < -0.3 is 9.84 Å². The lowest BCUT2D eigenvalue weighted by Crippen LogP contribution is -1.96. The number of nitro groups is 1. The molecule has 1 N–H and O–H groups in total. The van der Waals surface area contributed by atoms with Crippen molar-refractivity contribution in [3.05, 3.63) is 62.4 Å². The quantitative estimate of drug-likeness (QED) is 0.494. The molecular weight excluding hydrogens is 339 g/mol. The molecule has 8 heteroatoms. The van der Waals surface area contributed by atoms with Crippen LogP contribution in [0.1, 0.15) is 24.1 Å². The topological polar surface area (TPSA) is 85.0 Å². The number of nitrogens with zero attached hydrogens (tertiary/aromatic N) is 2. The first kappa shape index (κ1) is 17.7. The molecule has 0 aliphatic carbocycles.